The minimum absolute atomic E-state index is 0.146. The van der Waals surface area contributed by atoms with E-state index in [9.17, 15) is 8.42 Å². The Bertz CT molecular complexity index is 862. The van der Waals surface area contributed by atoms with Crippen molar-refractivity contribution in [1.29, 1.82) is 0 Å². The summed E-state index contributed by atoms with van der Waals surface area (Å²) in [5.41, 5.74) is 7.81. The van der Waals surface area contributed by atoms with Crippen LogP contribution in [0.5, 0.6) is 0 Å². The van der Waals surface area contributed by atoms with Crippen molar-refractivity contribution < 1.29 is 8.42 Å². The minimum atomic E-state index is -3.27. The van der Waals surface area contributed by atoms with Crippen LogP contribution in [0.4, 0.5) is 5.69 Å². The number of nitrogens with two attached hydrogens (primary N) is 1. The number of hydrogen-bond acceptors (Lipinski definition) is 5. The van der Waals surface area contributed by atoms with Crippen molar-refractivity contribution >= 4 is 26.6 Å². The lowest BCUT2D eigenvalue weighted by atomic mass is 10.3. The summed E-state index contributed by atoms with van der Waals surface area (Å²) in [4.78, 5) is 7.49. The van der Waals surface area contributed by atoms with Crippen molar-refractivity contribution in [3.63, 3.8) is 0 Å². The van der Waals surface area contributed by atoms with Gasteiger partial charge in [0.05, 0.1) is 23.4 Å². The van der Waals surface area contributed by atoms with Crippen LogP contribution in [-0.4, -0.2) is 34.4 Å². The highest BCUT2D eigenvalue weighted by atomic mass is 32.2. The van der Waals surface area contributed by atoms with E-state index in [-0.39, 0.29) is 4.90 Å². The second-order valence-electron chi connectivity index (χ2n) is 4.23. The second kappa shape index (κ2) is 3.82. The zero-order valence-electron chi connectivity index (χ0n) is 10.0. The average molecular weight is 277 g/mol. The first-order valence-electron chi connectivity index (χ1n) is 5.44. The molecule has 0 aliphatic heterocycles. The van der Waals surface area contributed by atoms with Gasteiger partial charge in [-0.2, -0.15) is 5.10 Å². The fourth-order valence-corrected chi connectivity index (χ4v) is 2.27. The van der Waals surface area contributed by atoms with E-state index in [1.807, 2.05) is 0 Å². The number of aromatic nitrogens is 4. The van der Waals surface area contributed by atoms with E-state index in [4.69, 9.17) is 5.73 Å². The van der Waals surface area contributed by atoms with Crippen LogP contribution in [0.25, 0.3) is 17.0 Å². The lowest BCUT2D eigenvalue weighted by Crippen LogP contribution is -1.97. The lowest BCUT2D eigenvalue weighted by molar-refractivity contribution is 0.602. The molecular weight excluding hydrogens is 266 g/mol. The van der Waals surface area contributed by atoms with Gasteiger partial charge in [-0.1, -0.05) is 0 Å². The largest absolute Gasteiger partial charge is 0.399 e. The summed E-state index contributed by atoms with van der Waals surface area (Å²) in [6.45, 7) is 0. The van der Waals surface area contributed by atoms with Crippen LogP contribution in [-0.2, 0) is 9.84 Å². The van der Waals surface area contributed by atoms with Gasteiger partial charge in [-0.05, 0) is 18.2 Å². The first kappa shape index (κ1) is 11.7. The molecule has 0 saturated carbocycles. The van der Waals surface area contributed by atoms with Crippen LogP contribution >= 0.6 is 0 Å². The van der Waals surface area contributed by atoms with Crippen molar-refractivity contribution in [1.82, 2.24) is 19.7 Å². The molecule has 0 radical (unpaired) electrons. The normalized spacial score (nSPS) is 12.1. The highest BCUT2D eigenvalue weighted by molar-refractivity contribution is 7.90. The zero-order valence-corrected chi connectivity index (χ0v) is 10.8. The van der Waals surface area contributed by atoms with Crippen LogP contribution < -0.4 is 5.73 Å². The van der Waals surface area contributed by atoms with Crippen LogP contribution in [0.1, 0.15) is 0 Å². The Balaban J connectivity index is 2.11. The van der Waals surface area contributed by atoms with Gasteiger partial charge in [-0.3, -0.25) is 0 Å². The Labute approximate surface area is 109 Å². The van der Waals surface area contributed by atoms with Gasteiger partial charge >= 0.3 is 0 Å². The molecule has 0 aliphatic carbocycles. The molecule has 0 unspecified atom stereocenters. The summed E-state index contributed by atoms with van der Waals surface area (Å²) < 4.78 is 24.2. The molecule has 2 heterocycles. The Kier molecular flexibility index (Phi) is 2.36. The van der Waals surface area contributed by atoms with Gasteiger partial charge in [0.2, 0.25) is 5.95 Å². The number of sulfone groups is 1. The van der Waals surface area contributed by atoms with Crippen LogP contribution in [0.3, 0.4) is 0 Å². The third-order valence-electron chi connectivity index (χ3n) is 2.70. The molecular formula is C11H11N5O2S. The molecule has 0 atom stereocenters. The molecule has 0 spiro atoms. The molecule has 3 N–H and O–H groups in total. The van der Waals surface area contributed by atoms with Crippen molar-refractivity contribution in [3.8, 4) is 5.95 Å². The van der Waals surface area contributed by atoms with E-state index in [2.05, 4.69) is 15.1 Å². The molecule has 19 heavy (non-hydrogen) atoms. The van der Waals surface area contributed by atoms with Crippen molar-refractivity contribution in [3.05, 3.63) is 30.6 Å². The van der Waals surface area contributed by atoms with Gasteiger partial charge in [0.1, 0.15) is 4.90 Å². The van der Waals surface area contributed by atoms with Crippen molar-refractivity contribution in [2.45, 2.75) is 4.90 Å². The number of fused-ring (bicyclic) bond motifs is 1. The SMILES string of the molecule is CS(=O)(=O)c1cnn(-c2nc3ccc(N)cc3[nH]2)c1. The molecule has 98 valence electrons. The first-order valence-corrected chi connectivity index (χ1v) is 7.33. The van der Waals surface area contributed by atoms with E-state index in [1.165, 1.54) is 17.1 Å². The van der Waals surface area contributed by atoms with Crippen molar-refractivity contribution in [2.24, 2.45) is 0 Å². The monoisotopic (exact) mass is 277 g/mol. The predicted molar refractivity (Wildman–Crippen MR) is 70.7 cm³/mol. The average Bonchev–Trinajstić information content (AvgIpc) is 2.92. The summed E-state index contributed by atoms with van der Waals surface area (Å²) >= 11 is 0. The zero-order chi connectivity index (χ0) is 13.6. The highest BCUT2D eigenvalue weighted by Crippen LogP contribution is 2.17. The van der Waals surface area contributed by atoms with Gasteiger partial charge in [0.25, 0.3) is 0 Å². The third kappa shape index (κ3) is 2.06. The molecule has 0 fully saturated rings. The van der Waals surface area contributed by atoms with Gasteiger partial charge in [-0.25, -0.2) is 18.1 Å². The number of hydrogen-bond donors (Lipinski definition) is 2. The number of aromatic amines is 1. The molecule has 0 saturated heterocycles. The number of H-pyrrole nitrogens is 1. The highest BCUT2D eigenvalue weighted by Gasteiger charge is 2.12. The molecule has 3 aromatic rings. The Morgan fingerprint density at radius 3 is 2.84 bits per heavy atom. The van der Waals surface area contributed by atoms with Crippen molar-refractivity contribution in [2.75, 3.05) is 12.0 Å². The van der Waals surface area contributed by atoms with Crippen LogP contribution in [0.15, 0.2) is 35.5 Å². The number of benzene rings is 1. The molecule has 2 aromatic heterocycles. The smallest absolute Gasteiger partial charge is 0.229 e. The second-order valence-corrected chi connectivity index (χ2v) is 6.25. The van der Waals surface area contributed by atoms with Gasteiger partial charge in [-0.15, -0.1) is 0 Å². The Morgan fingerprint density at radius 2 is 2.16 bits per heavy atom. The van der Waals surface area contributed by atoms with E-state index in [0.29, 0.717) is 11.6 Å². The minimum Gasteiger partial charge on any atom is -0.399 e. The maximum atomic E-state index is 11.4. The Hall–Kier alpha value is -2.35. The van der Waals surface area contributed by atoms with Gasteiger partial charge in [0.15, 0.2) is 9.84 Å². The van der Waals surface area contributed by atoms with Crippen LogP contribution in [0, 0.1) is 0 Å². The van der Waals surface area contributed by atoms with Gasteiger partial charge < -0.3 is 10.7 Å². The van der Waals surface area contributed by atoms with Gasteiger partial charge in [0, 0.05) is 11.9 Å². The topological polar surface area (TPSA) is 107 Å². The summed E-state index contributed by atoms with van der Waals surface area (Å²) in [5, 5.41) is 3.98. The number of imidazole rings is 1. The molecule has 8 heteroatoms. The molecule has 0 amide bonds. The lowest BCUT2D eigenvalue weighted by Gasteiger charge is -1.93. The first-order chi connectivity index (χ1) is 8.93. The Morgan fingerprint density at radius 1 is 1.37 bits per heavy atom. The number of rotatable bonds is 2. The number of anilines is 1. The maximum Gasteiger partial charge on any atom is 0.229 e. The fraction of sp³-hybridized carbons (Fsp3) is 0.0909. The van der Waals surface area contributed by atoms with E-state index < -0.39 is 9.84 Å². The maximum absolute atomic E-state index is 11.4. The summed E-state index contributed by atoms with van der Waals surface area (Å²) in [7, 11) is -3.27. The molecule has 3 rings (SSSR count). The standard InChI is InChI=1S/C11H11N5O2S/c1-19(17,18)8-5-13-16(6-8)11-14-9-3-2-7(12)4-10(9)15-11/h2-6H,12H2,1H3,(H,14,15). The number of nitrogens with zero attached hydrogens (tertiary/aromatic N) is 3. The fourth-order valence-electron chi connectivity index (χ4n) is 1.74. The molecule has 7 nitrogen and oxygen atoms in total. The summed E-state index contributed by atoms with van der Waals surface area (Å²) in [6.07, 6.45) is 3.83. The van der Waals surface area contributed by atoms with E-state index >= 15 is 0 Å². The number of nitrogen functional groups attached to an aromatic ring is 1. The summed E-state index contributed by atoms with van der Waals surface area (Å²) in [6, 6.07) is 5.29. The quantitative estimate of drug-likeness (QED) is 0.672. The van der Waals surface area contributed by atoms with Crippen LogP contribution in [0.2, 0.25) is 0 Å². The molecule has 0 aliphatic rings. The van der Waals surface area contributed by atoms with E-state index in [1.54, 1.807) is 18.2 Å². The predicted octanol–water partition coefficient (Wildman–Crippen LogP) is 0.734. The number of nitrogens with one attached hydrogen (secondary N) is 1. The summed E-state index contributed by atoms with van der Waals surface area (Å²) in [5.74, 6) is 0.440. The molecule has 0 bridgehead atoms. The van der Waals surface area contributed by atoms with E-state index in [0.717, 1.165) is 17.3 Å². The third-order valence-corrected chi connectivity index (χ3v) is 3.76. The molecule has 1 aromatic carbocycles.